The molecule has 11 nitrogen and oxygen atoms in total. The Hall–Kier alpha value is -3.87. The van der Waals surface area contributed by atoms with Crippen molar-refractivity contribution < 1.29 is 27.7 Å². The second-order valence-electron chi connectivity index (χ2n) is 11.1. The molecular weight excluding hydrogens is 655 g/mol. The number of rotatable bonds is 13. The summed E-state index contributed by atoms with van der Waals surface area (Å²) in [7, 11) is -3.31. The fraction of sp³-hybridized carbons (Fsp3) is 0.375. The smallest absolute Gasteiger partial charge is 0.273 e. The Balaban J connectivity index is 1.82. The summed E-state index contributed by atoms with van der Waals surface area (Å²) in [5, 5.41) is 15.3. The summed E-state index contributed by atoms with van der Waals surface area (Å²) in [5.74, 6) is -0.967. The van der Waals surface area contributed by atoms with Crippen LogP contribution in [-0.4, -0.2) is 55.8 Å². The molecule has 1 aliphatic carbocycles. The second-order valence-corrected chi connectivity index (χ2v) is 13.8. The Morgan fingerprint density at radius 1 is 1.09 bits per heavy atom. The van der Waals surface area contributed by atoms with Crippen LogP contribution in [0.2, 0.25) is 10.0 Å². The van der Waals surface area contributed by atoms with E-state index in [1.165, 1.54) is 49.3 Å². The molecule has 1 fully saturated rings. The zero-order valence-electron chi connectivity index (χ0n) is 25.7. The van der Waals surface area contributed by atoms with Gasteiger partial charge in [-0.3, -0.25) is 24.0 Å². The van der Waals surface area contributed by atoms with E-state index < -0.39 is 44.0 Å². The van der Waals surface area contributed by atoms with Crippen molar-refractivity contribution in [1.82, 2.24) is 10.2 Å². The highest BCUT2D eigenvalue weighted by Crippen LogP contribution is 2.36. The topological polar surface area (TPSA) is 139 Å². The van der Waals surface area contributed by atoms with Crippen LogP contribution in [0.15, 0.2) is 65.6 Å². The number of nitrogens with zero attached hydrogens (tertiary/aromatic N) is 3. The van der Waals surface area contributed by atoms with Crippen LogP contribution in [0.3, 0.4) is 0 Å². The third-order valence-electron chi connectivity index (χ3n) is 8.04. The highest BCUT2D eigenvalue weighted by molar-refractivity contribution is 7.92. The predicted octanol–water partition coefficient (Wildman–Crippen LogP) is 6.28. The molecule has 0 bridgehead atoms. The highest BCUT2D eigenvalue weighted by Gasteiger charge is 2.36. The fourth-order valence-corrected chi connectivity index (χ4v) is 7.34. The molecule has 3 aromatic rings. The minimum atomic E-state index is -4.64. The van der Waals surface area contributed by atoms with E-state index in [-0.39, 0.29) is 46.9 Å². The van der Waals surface area contributed by atoms with Crippen LogP contribution in [0, 0.1) is 17.0 Å². The van der Waals surface area contributed by atoms with Crippen molar-refractivity contribution in [2.75, 3.05) is 18.0 Å². The second kappa shape index (κ2) is 15.1. The lowest BCUT2D eigenvalue weighted by Gasteiger charge is -2.34. The van der Waals surface area contributed by atoms with Crippen molar-refractivity contribution in [2.45, 2.75) is 69.5 Å². The minimum absolute atomic E-state index is 0.0104. The third kappa shape index (κ3) is 7.91. The maximum Gasteiger partial charge on any atom is 0.273 e. The van der Waals surface area contributed by atoms with E-state index in [9.17, 15) is 28.1 Å². The Kier molecular flexibility index (Phi) is 11.5. The van der Waals surface area contributed by atoms with Gasteiger partial charge >= 0.3 is 0 Å². The van der Waals surface area contributed by atoms with Gasteiger partial charge in [0.1, 0.15) is 18.3 Å². The number of ether oxygens (including phenoxy) is 1. The molecule has 0 saturated heterocycles. The number of sulfonamides is 1. The molecule has 0 aliphatic heterocycles. The lowest BCUT2D eigenvalue weighted by molar-refractivity contribution is -0.385. The number of carbonyl (C=O) groups excluding carboxylic acids is 2. The molecule has 1 saturated carbocycles. The van der Waals surface area contributed by atoms with Crippen LogP contribution in [0.4, 0.5) is 11.4 Å². The molecule has 0 spiro atoms. The van der Waals surface area contributed by atoms with E-state index in [1.54, 1.807) is 31.2 Å². The first-order chi connectivity index (χ1) is 21.9. The van der Waals surface area contributed by atoms with Gasteiger partial charge in [0.05, 0.1) is 22.6 Å². The molecule has 1 aliphatic rings. The zero-order valence-corrected chi connectivity index (χ0v) is 28.1. The maximum atomic E-state index is 14.4. The molecule has 1 atom stereocenters. The van der Waals surface area contributed by atoms with Crippen molar-refractivity contribution in [2.24, 2.45) is 0 Å². The molecule has 46 heavy (non-hydrogen) atoms. The quantitative estimate of drug-likeness (QED) is 0.164. The molecule has 0 unspecified atom stereocenters. The summed E-state index contributed by atoms with van der Waals surface area (Å²) < 4.78 is 34.9. The highest BCUT2D eigenvalue weighted by atomic mass is 35.5. The van der Waals surface area contributed by atoms with Crippen molar-refractivity contribution in [3.63, 3.8) is 0 Å². The van der Waals surface area contributed by atoms with Gasteiger partial charge in [0.2, 0.25) is 11.8 Å². The van der Waals surface area contributed by atoms with E-state index in [1.807, 2.05) is 0 Å². The van der Waals surface area contributed by atoms with Crippen LogP contribution in [0.5, 0.6) is 5.75 Å². The molecule has 1 N–H and O–H groups in total. The Morgan fingerprint density at radius 2 is 1.78 bits per heavy atom. The SMILES string of the molecule is CC[C@H](C(=O)NC1CCCC1)N(Cc1ccccc1Cl)C(=O)CN(c1cc(Cl)ccc1OC)S(=O)(=O)c1ccc(C)c([N+](=O)[O-])c1. The number of anilines is 1. The summed E-state index contributed by atoms with van der Waals surface area (Å²) in [6.45, 7) is 2.40. The molecule has 14 heteroatoms. The standard InChI is InChI=1S/C32H36Cl2N4O7S/c1-4-27(32(40)35-24-10-6-7-11-24)36(19-22-9-5-8-12-26(22)34)31(39)20-37(29-17-23(33)14-16-30(29)45-3)46(43,44)25-15-13-21(2)28(18-25)38(41)42/h5,8-9,12-18,24,27H,4,6-7,10-11,19-20H2,1-3H3,(H,35,40)/t27-/m1/s1. The van der Waals surface area contributed by atoms with Crippen LogP contribution in [-0.2, 0) is 26.2 Å². The Morgan fingerprint density at radius 3 is 2.41 bits per heavy atom. The molecule has 2 amide bonds. The number of nitro benzene ring substituents is 1. The average molecular weight is 692 g/mol. The lowest BCUT2D eigenvalue weighted by Crippen LogP contribution is -2.53. The number of nitro groups is 1. The molecule has 246 valence electrons. The van der Waals surface area contributed by atoms with Gasteiger partial charge in [-0.15, -0.1) is 0 Å². The van der Waals surface area contributed by atoms with Gasteiger partial charge in [-0.2, -0.15) is 0 Å². The summed E-state index contributed by atoms with van der Waals surface area (Å²) in [6.07, 6.45) is 3.91. The molecule has 3 aromatic carbocycles. The summed E-state index contributed by atoms with van der Waals surface area (Å²) in [5.41, 5.74) is 0.360. The van der Waals surface area contributed by atoms with Gasteiger partial charge in [0.25, 0.3) is 15.7 Å². The normalized spacial score (nSPS) is 14.0. The van der Waals surface area contributed by atoms with Crippen molar-refractivity contribution in [3.8, 4) is 5.75 Å². The Labute approximate surface area is 278 Å². The van der Waals surface area contributed by atoms with Crippen molar-refractivity contribution >= 4 is 56.4 Å². The minimum Gasteiger partial charge on any atom is -0.495 e. The number of hydrogen-bond acceptors (Lipinski definition) is 7. The third-order valence-corrected chi connectivity index (χ3v) is 10.4. The number of benzene rings is 3. The number of methoxy groups -OCH3 is 1. The maximum absolute atomic E-state index is 14.4. The number of carbonyl (C=O) groups is 2. The number of nitrogens with one attached hydrogen (secondary N) is 1. The van der Waals surface area contributed by atoms with Gasteiger partial charge in [-0.25, -0.2) is 8.42 Å². The molecular formula is C32H36Cl2N4O7S. The largest absolute Gasteiger partial charge is 0.495 e. The van der Waals surface area contributed by atoms with E-state index in [0.29, 0.717) is 10.6 Å². The van der Waals surface area contributed by atoms with E-state index >= 15 is 0 Å². The predicted molar refractivity (Wildman–Crippen MR) is 177 cm³/mol. The number of hydrogen-bond donors (Lipinski definition) is 1. The van der Waals surface area contributed by atoms with E-state index in [0.717, 1.165) is 36.1 Å². The first-order valence-electron chi connectivity index (χ1n) is 14.8. The van der Waals surface area contributed by atoms with Gasteiger partial charge < -0.3 is 15.0 Å². The van der Waals surface area contributed by atoms with Gasteiger partial charge in [-0.1, -0.05) is 67.2 Å². The number of halogens is 2. The molecule has 0 aromatic heterocycles. The monoisotopic (exact) mass is 690 g/mol. The summed E-state index contributed by atoms with van der Waals surface area (Å²) >= 11 is 12.8. The number of amides is 2. The van der Waals surface area contributed by atoms with Crippen LogP contribution < -0.4 is 14.4 Å². The van der Waals surface area contributed by atoms with Gasteiger partial charge in [0, 0.05) is 34.3 Å². The number of aryl methyl sites for hydroxylation is 1. The molecule has 0 radical (unpaired) electrons. The van der Waals surface area contributed by atoms with Crippen molar-refractivity contribution in [1.29, 1.82) is 0 Å². The van der Waals surface area contributed by atoms with Crippen LogP contribution >= 0.6 is 23.2 Å². The van der Waals surface area contributed by atoms with Crippen LogP contribution in [0.1, 0.15) is 50.2 Å². The molecule has 4 rings (SSSR count). The van der Waals surface area contributed by atoms with Crippen LogP contribution in [0.25, 0.3) is 0 Å². The first-order valence-corrected chi connectivity index (χ1v) is 17.0. The Bertz CT molecular complexity index is 1710. The van der Waals surface area contributed by atoms with E-state index in [2.05, 4.69) is 5.32 Å². The summed E-state index contributed by atoms with van der Waals surface area (Å²) in [6, 6.07) is 13.7. The van der Waals surface area contributed by atoms with E-state index in [4.69, 9.17) is 27.9 Å². The van der Waals surface area contributed by atoms with Gasteiger partial charge in [0.15, 0.2) is 0 Å². The van der Waals surface area contributed by atoms with Crippen molar-refractivity contribution in [3.05, 3.63) is 92.0 Å². The average Bonchev–Trinajstić information content (AvgIpc) is 3.53. The summed E-state index contributed by atoms with van der Waals surface area (Å²) in [4.78, 5) is 40.0. The van der Waals surface area contributed by atoms with Gasteiger partial charge in [-0.05, 0) is 62.1 Å². The zero-order chi connectivity index (χ0) is 33.6. The molecule has 0 heterocycles. The lowest BCUT2D eigenvalue weighted by atomic mass is 10.1. The first kappa shape index (κ1) is 35.0. The fourth-order valence-electron chi connectivity index (χ4n) is 5.54.